The van der Waals surface area contributed by atoms with Gasteiger partial charge in [0.15, 0.2) is 11.5 Å². The van der Waals surface area contributed by atoms with Crippen LogP contribution in [0, 0.1) is 11.8 Å². The third-order valence-electron chi connectivity index (χ3n) is 6.76. The van der Waals surface area contributed by atoms with Gasteiger partial charge in [-0.05, 0) is 80.8 Å². The lowest BCUT2D eigenvalue weighted by atomic mass is 9.85. The Morgan fingerprint density at radius 2 is 1.68 bits per heavy atom. The topological polar surface area (TPSA) is 73.9 Å². The Labute approximate surface area is 233 Å². The minimum absolute atomic E-state index is 0.0608. The Morgan fingerprint density at radius 1 is 1.05 bits per heavy atom. The quantitative estimate of drug-likeness (QED) is 0.251. The molecular weight excluding hydrogens is 561 g/mol. The van der Waals surface area contributed by atoms with Crippen molar-refractivity contribution in [3.8, 4) is 11.5 Å². The fraction of sp³-hybridized carbons (Fsp3) is 0.500. The number of carbonyl (C=O) groups is 2. The molecule has 0 aromatic heterocycles. The second-order valence-electron chi connectivity index (χ2n) is 11.1. The molecule has 1 aliphatic heterocycles. The van der Waals surface area contributed by atoms with Gasteiger partial charge in [0.05, 0.1) is 29.0 Å². The van der Waals surface area contributed by atoms with E-state index in [4.69, 9.17) is 16.3 Å². The molecule has 1 amide bonds. The second-order valence-corrected chi connectivity index (χ2v) is 11.6. The van der Waals surface area contributed by atoms with E-state index in [1.807, 2.05) is 0 Å². The van der Waals surface area contributed by atoms with Crippen LogP contribution in [0.1, 0.15) is 69.9 Å². The molecule has 6 nitrogen and oxygen atoms in total. The van der Waals surface area contributed by atoms with E-state index < -0.39 is 47.5 Å². The van der Waals surface area contributed by atoms with Gasteiger partial charge in [0.2, 0.25) is 5.91 Å². The monoisotopic (exact) mass is 589 g/mol. The van der Waals surface area contributed by atoms with Crippen molar-refractivity contribution in [3.05, 3.63) is 52.5 Å². The van der Waals surface area contributed by atoms with Gasteiger partial charge in [-0.2, -0.15) is 13.2 Å². The Balaban J connectivity index is 1.62. The molecule has 0 bridgehead atoms. The molecule has 1 N–H and O–H groups in total. The van der Waals surface area contributed by atoms with E-state index in [1.54, 1.807) is 32.9 Å². The molecule has 12 heteroatoms. The lowest BCUT2D eigenvalue weighted by Crippen LogP contribution is -2.34. The Kier molecular flexibility index (Phi) is 8.01. The summed E-state index contributed by atoms with van der Waals surface area (Å²) < 4.78 is 82.6. The summed E-state index contributed by atoms with van der Waals surface area (Å²) in [6.07, 6.45) is -6.89. The number of benzene rings is 2. The van der Waals surface area contributed by atoms with E-state index in [-0.39, 0.29) is 40.3 Å². The van der Waals surface area contributed by atoms with Gasteiger partial charge in [-0.1, -0.05) is 30.7 Å². The maximum atomic E-state index is 13.8. The molecule has 2 aliphatic rings. The number of anilines is 1. The number of hydrogen-bond donors (Lipinski definition) is 1. The van der Waals surface area contributed by atoms with Crippen LogP contribution in [0.5, 0.6) is 11.5 Å². The molecule has 4 rings (SSSR count). The first-order chi connectivity index (χ1) is 18.4. The largest absolute Gasteiger partial charge is 0.586 e. The zero-order valence-corrected chi connectivity index (χ0v) is 23.0. The normalized spacial score (nSPS) is 18.6. The summed E-state index contributed by atoms with van der Waals surface area (Å²) in [5.74, 6) is -6.33. The van der Waals surface area contributed by atoms with Gasteiger partial charge in [0, 0.05) is 0 Å². The van der Waals surface area contributed by atoms with Crippen molar-refractivity contribution >= 4 is 29.2 Å². The smallest absolute Gasteiger partial charge is 0.460 e. The fourth-order valence-corrected chi connectivity index (χ4v) is 4.88. The molecule has 0 radical (unpaired) electrons. The Morgan fingerprint density at radius 3 is 2.27 bits per heavy atom. The highest BCUT2D eigenvalue weighted by molar-refractivity contribution is 6.33. The van der Waals surface area contributed by atoms with Crippen LogP contribution in [0.25, 0.3) is 0 Å². The minimum atomic E-state index is -4.79. The molecule has 2 aromatic carbocycles. The molecule has 1 heterocycles. The van der Waals surface area contributed by atoms with Gasteiger partial charge < -0.3 is 19.5 Å². The second kappa shape index (κ2) is 10.7. The first-order valence-corrected chi connectivity index (χ1v) is 13.1. The summed E-state index contributed by atoms with van der Waals surface area (Å²) in [4.78, 5) is 25.9. The summed E-state index contributed by atoms with van der Waals surface area (Å²) >= 11 is 6.31. The summed E-state index contributed by atoms with van der Waals surface area (Å²) in [7, 11) is 0. The number of alkyl halides is 5. The average Bonchev–Trinajstić information content (AvgIpc) is 3.59. The zero-order chi connectivity index (χ0) is 29.6. The summed E-state index contributed by atoms with van der Waals surface area (Å²) in [6, 6.07) is 7.83. The van der Waals surface area contributed by atoms with Crippen molar-refractivity contribution in [3.63, 3.8) is 0 Å². The SMILES string of the molecule is CC(C(C(=O)Nc1cc(C(CC(=O)OC(C)(C)C)C2CC2)ccc1Cl)c1ccc2c(c1)OC(F)(F)O2)C(F)(F)F. The molecule has 0 spiro atoms. The average molecular weight is 590 g/mol. The van der Waals surface area contributed by atoms with Crippen LogP contribution in [0.2, 0.25) is 5.02 Å². The van der Waals surface area contributed by atoms with Gasteiger partial charge >= 0.3 is 18.4 Å². The molecule has 1 saturated carbocycles. The van der Waals surface area contributed by atoms with Crippen molar-refractivity contribution in [1.29, 1.82) is 0 Å². The predicted octanol–water partition coefficient (Wildman–Crippen LogP) is 7.81. The molecule has 2 aromatic rings. The van der Waals surface area contributed by atoms with E-state index in [1.165, 1.54) is 6.07 Å². The summed E-state index contributed by atoms with van der Waals surface area (Å²) in [5.41, 5.74) is -0.126. The van der Waals surface area contributed by atoms with Crippen LogP contribution < -0.4 is 14.8 Å². The number of ether oxygens (including phenoxy) is 3. The third-order valence-corrected chi connectivity index (χ3v) is 7.09. The van der Waals surface area contributed by atoms with Crippen LogP contribution in [-0.2, 0) is 14.3 Å². The highest BCUT2D eigenvalue weighted by Crippen LogP contribution is 2.47. The van der Waals surface area contributed by atoms with Gasteiger partial charge in [0.1, 0.15) is 5.60 Å². The fourth-order valence-electron chi connectivity index (χ4n) is 4.71. The Bertz CT molecular complexity index is 1290. The van der Waals surface area contributed by atoms with Crippen molar-refractivity contribution in [2.24, 2.45) is 11.8 Å². The molecule has 40 heavy (non-hydrogen) atoms. The summed E-state index contributed by atoms with van der Waals surface area (Å²) in [5, 5.41) is 2.56. The lowest BCUT2D eigenvalue weighted by Gasteiger charge is -2.26. The Hall–Kier alpha value is -3.08. The first kappa shape index (κ1) is 29.9. The molecule has 3 unspecified atom stereocenters. The van der Waals surface area contributed by atoms with Crippen molar-refractivity contribution in [1.82, 2.24) is 0 Å². The maximum absolute atomic E-state index is 13.8. The number of fused-ring (bicyclic) bond motifs is 1. The van der Waals surface area contributed by atoms with Crippen LogP contribution in [0.15, 0.2) is 36.4 Å². The van der Waals surface area contributed by atoms with Crippen molar-refractivity contribution in [2.45, 2.75) is 76.9 Å². The van der Waals surface area contributed by atoms with Gasteiger partial charge in [-0.15, -0.1) is 8.78 Å². The highest BCUT2D eigenvalue weighted by atomic mass is 35.5. The van der Waals surface area contributed by atoms with Crippen LogP contribution in [0.3, 0.4) is 0 Å². The number of esters is 1. The minimum Gasteiger partial charge on any atom is -0.460 e. The zero-order valence-electron chi connectivity index (χ0n) is 22.2. The number of nitrogens with one attached hydrogen (secondary N) is 1. The van der Waals surface area contributed by atoms with Crippen LogP contribution >= 0.6 is 11.6 Å². The molecule has 1 fully saturated rings. The molecule has 0 saturated heterocycles. The number of hydrogen-bond acceptors (Lipinski definition) is 5. The predicted molar refractivity (Wildman–Crippen MR) is 137 cm³/mol. The number of amides is 1. The van der Waals surface area contributed by atoms with E-state index in [2.05, 4.69) is 14.8 Å². The van der Waals surface area contributed by atoms with E-state index in [9.17, 15) is 31.5 Å². The number of halogens is 6. The van der Waals surface area contributed by atoms with Gasteiger partial charge in [0.25, 0.3) is 0 Å². The van der Waals surface area contributed by atoms with E-state index >= 15 is 0 Å². The summed E-state index contributed by atoms with van der Waals surface area (Å²) in [6.45, 7) is 6.11. The van der Waals surface area contributed by atoms with Crippen LogP contribution in [-0.4, -0.2) is 29.9 Å². The number of rotatable bonds is 8. The first-order valence-electron chi connectivity index (χ1n) is 12.7. The van der Waals surface area contributed by atoms with Gasteiger partial charge in [-0.25, -0.2) is 0 Å². The van der Waals surface area contributed by atoms with E-state index in [0.717, 1.165) is 38.0 Å². The third kappa shape index (κ3) is 7.16. The highest BCUT2D eigenvalue weighted by Gasteiger charge is 2.47. The lowest BCUT2D eigenvalue weighted by molar-refractivity contribution is -0.286. The molecule has 218 valence electrons. The molecular formula is C28H29ClF5NO5. The van der Waals surface area contributed by atoms with E-state index in [0.29, 0.717) is 5.56 Å². The standard InChI is InChI=1S/C28H29ClF5NO5/c1-14(27(30,31)32)24(17-8-10-21-22(12-17)39-28(33,34)38-21)25(37)35-20-11-16(7-9-19(20)29)18(15-5-6-15)13-23(36)40-26(2,3)4/h7-12,14-15,18,24H,5-6,13H2,1-4H3,(H,35,37). The van der Waals surface area contributed by atoms with Crippen molar-refractivity contribution < 1.29 is 45.8 Å². The molecule has 1 aliphatic carbocycles. The van der Waals surface area contributed by atoms with Gasteiger partial charge in [-0.3, -0.25) is 9.59 Å². The molecule has 3 atom stereocenters. The maximum Gasteiger partial charge on any atom is 0.586 e. The van der Waals surface area contributed by atoms with Crippen molar-refractivity contribution in [2.75, 3.05) is 5.32 Å². The van der Waals surface area contributed by atoms with Crippen LogP contribution in [0.4, 0.5) is 27.6 Å². The number of carbonyl (C=O) groups excluding carboxylic acids is 2.